The molecule has 5 atom stereocenters. The smallest absolute Gasteiger partial charge is 0.407 e. The van der Waals surface area contributed by atoms with E-state index in [-0.39, 0.29) is 18.4 Å². The molecule has 2 bridgehead atoms. The van der Waals surface area contributed by atoms with E-state index in [0.29, 0.717) is 12.8 Å². The van der Waals surface area contributed by atoms with Gasteiger partial charge in [0.05, 0.1) is 18.2 Å². The van der Waals surface area contributed by atoms with E-state index < -0.39 is 48.4 Å². The fourth-order valence-corrected chi connectivity index (χ4v) is 3.93. The van der Waals surface area contributed by atoms with Gasteiger partial charge in [-0.1, -0.05) is 6.92 Å². The Hall–Kier alpha value is -1.51. The summed E-state index contributed by atoms with van der Waals surface area (Å²) in [6, 6.07) is -1.55. The van der Waals surface area contributed by atoms with E-state index in [1.165, 1.54) is 0 Å². The van der Waals surface area contributed by atoms with Crippen molar-refractivity contribution in [2.45, 2.75) is 76.9 Å². The highest BCUT2D eigenvalue weighted by atomic mass is 19.4. The first kappa shape index (κ1) is 20.8. The van der Waals surface area contributed by atoms with Crippen LogP contribution in [0.5, 0.6) is 0 Å². The molecular weight excluding hydrogens is 353 g/mol. The Morgan fingerprint density at radius 3 is 2.38 bits per heavy atom. The molecular formula is C17H27F3N2O4. The van der Waals surface area contributed by atoms with Crippen LogP contribution in [0.1, 0.15) is 47.0 Å². The lowest BCUT2D eigenvalue weighted by molar-refractivity contribution is -0.167. The van der Waals surface area contributed by atoms with Crippen LogP contribution < -0.4 is 5.32 Å². The van der Waals surface area contributed by atoms with E-state index in [2.05, 4.69) is 5.32 Å². The Bertz CT molecular complexity index is 547. The molecule has 6 nitrogen and oxygen atoms in total. The molecule has 150 valence electrons. The molecule has 1 aliphatic carbocycles. The van der Waals surface area contributed by atoms with Crippen molar-refractivity contribution in [3.8, 4) is 0 Å². The van der Waals surface area contributed by atoms with Crippen molar-refractivity contribution < 1.29 is 32.6 Å². The van der Waals surface area contributed by atoms with E-state index in [1.54, 1.807) is 27.7 Å². The van der Waals surface area contributed by atoms with Gasteiger partial charge in [-0.2, -0.15) is 13.2 Å². The molecule has 0 radical (unpaired) electrons. The lowest BCUT2D eigenvalue weighted by Crippen LogP contribution is -2.62. The number of ether oxygens (including phenoxy) is 1. The fraction of sp³-hybridized carbons (Fsp3) is 0.882. The van der Waals surface area contributed by atoms with E-state index in [1.807, 2.05) is 0 Å². The monoisotopic (exact) mass is 380 g/mol. The van der Waals surface area contributed by atoms with Gasteiger partial charge in [0.1, 0.15) is 12.0 Å². The molecule has 1 saturated carbocycles. The molecule has 2 aliphatic heterocycles. The van der Waals surface area contributed by atoms with Crippen molar-refractivity contribution in [3.05, 3.63) is 0 Å². The van der Waals surface area contributed by atoms with E-state index in [4.69, 9.17) is 4.74 Å². The zero-order valence-electron chi connectivity index (χ0n) is 15.5. The van der Waals surface area contributed by atoms with Gasteiger partial charge in [0.25, 0.3) is 0 Å². The third kappa shape index (κ3) is 5.25. The number of carbonyl (C=O) groups is 2. The van der Waals surface area contributed by atoms with Crippen LogP contribution in [0.25, 0.3) is 0 Å². The first-order chi connectivity index (χ1) is 11.8. The molecule has 9 heteroatoms. The van der Waals surface area contributed by atoms with Crippen LogP contribution in [0, 0.1) is 11.8 Å². The predicted octanol–water partition coefficient (Wildman–Crippen LogP) is 2.45. The summed E-state index contributed by atoms with van der Waals surface area (Å²) in [6.45, 7) is 7.05. The highest BCUT2D eigenvalue weighted by Gasteiger charge is 2.49. The molecule has 2 saturated heterocycles. The Morgan fingerprint density at radius 2 is 1.85 bits per heavy atom. The number of halogens is 3. The molecule has 3 rings (SSSR count). The minimum Gasteiger partial charge on any atom is -0.444 e. The Kier molecular flexibility index (Phi) is 5.80. The topological polar surface area (TPSA) is 78.9 Å². The van der Waals surface area contributed by atoms with Crippen LogP contribution in [0.3, 0.4) is 0 Å². The molecule has 2 amide bonds. The first-order valence-electron chi connectivity index (χ1n) is 8.80. The van der Waals surface area contributed by atoms with Gasteiger partial charge in [-0.25, -0.2) is 4.79 Å². The zero-order chi connectivity index (χ0) is 19.9. The van der Waals surface area contributed by atoms with E-state index >= 15 is 0 Å². The number of rotatable bonds is 2. The number of hydrogen-bond acceptors (Lipinski definition) is 4. The fourth-order valence-electron chi connectivity index (χ4n) is 3.93. The second kappa shape index (κ2) is 7.25. The summed E-state index contributed by atoms with van der Waals surface area (Å²) in [5.41, 5.74) is -0.731. The quantitative estimate of drug-likeness (QED) is 0.771. The molecule has 26 heavy (non-hydrogen) atoms. The maximum absolute atomic E-state index is 12.7. The van der Waals surface area contributed by atoms with E-state index in [9.17, 15) is 27.9 Å². The molecule has 0 aromatic heterocycles. The van der Waals surface area contributed by atoms with Gasteiger partial charge in [0, 0.05) is 6.54 Å². The van der Waals surface area contributed by atoms with E-state index in [0.717, 1.165) is 4.90 Å². The number of fused-ring (bicyclic) bond motifs is 4. The number of hydrogen-bond donors (Lipinski definition) is 2. The Morgan fingerprint density at radius 1 is 1.23 bits per heavy atom. The Labute approximate surface area is 151 Å². The van der Waals surface area contributed by atoms with Gasteiger partial charge in [-0.15, -0.1) is 0 Å². The number of piperidine rings is 1. The number of aliphatic hydroxyl groups excluding tert-OH is 1. The second-order valence-electron chi connectivity index (χ2n) is 8.39. The van der Waals surface area contributed by atoms with Crippen LogP contribution in [-0.4, -0.2) is 58.5 Å². The van der Waals surface area contributed by atoms with Gasteiger partial charge in [-0.3, -0.25) is 4.79 Å². The van der Waals surface area contributed by atoms with Crippen LogP contribution in [0.2, 0.25) is 0 Å². The number of nitrogens with zero attached hydrogens (tertiary/aromatic N) is 1. The highest BCUT2D eigenvalue weighted by Crippen LogP contribution is 2.38. The second-order valence-corrected chi connectivity index (χ2v) is 8.39. The SMILES string of the molecule is C[C@H]1CC2C[C@@H](NC(=O)OC(C)(C)C)C([C@H]1O)N(C(=O)CC(F)(F)F)C2. The van der Waals surface area contributed by atoms with Crippen LogP contribution in [-0.2, 0) is 9.53 Å². The van der Waals surface area contributed by atoms with Crippen molar-refractivity contribution in [2.75, 3.05) is 6.54 Å². The number of carbonyl (C=O) groups excluding carboxylic acids is 2. The summed E-state index contributed by atoms with van der Waals surface area (Å²) in [6.07, 6.45) is -6.84. The molecule has 3 fully saturated rings. The van der Waals surface area contributed by atoms with Crippen molar-refractivity contribution in [3.63, 3.8) is 0 Å². The normalized spacial score (nSPS) is 32.2. The third-order valence-electron chi connectivity index (χ3n) is 4.83. The van der Waals surface area contributed by atoms with Gasteiger partial charge >= 0.3 is 12.3 Å². The molecule has 0 aromatic carbocycles. The first-order valence-corrected chi connectivity index (χ1v) is 8.80. The van der Waals surface area contributed by atoms with Crippen LogP contribution in [0.4, 0.5) is 18.0 Å². The predicted molar refractivity (Wildman–Crippen MR) is 87.2 cm³/mol. The van der Waals surface area contributed by atoms with Crippen molar-refractivity contribution in [2.24, 2.45) is 11.8 Å². The van der Waals surface area contributed by atoms with Gasteiger partial charge in [0.15, 0.2) is 0 Å². The van der Waals surface area contributed by atoms with Crippen molar-refractivity contribution in [1.82, 2.24) is 10.2 Å². The molecule has 0 spiro atoms. The van der Waals surface area contributed by atoms with Gasteiger partial charge in [0.2, 0.25) is 5.91 Å². The Balaban J connectivity index is 2.21. The number of alkyl carbamates (subject to hydrolysis) is 1. The lowest BCUT2D eigenvalue weighted by atomic mass is 9.89. The standard InChI is InChI=1S/C17H27F3N2O4/c1-9-5-10-6-11(21-15(25)26-16(2,3)4)13(14(9)24)22(8-10)12(23)7-17(18,19)20/h9-11,13-14,24H,5-8H2,1-4H3,(H,21,25)/t9-,10?,11+,13?,14-/m0/s1. The largest absolute Gasteiger partial charge is 0.444 e. The van der Waals surface area contributed by atoms with Crippen LogP contribution in [0.15, 0.2) is 0 Å². The number of amides is 2. The molecule has 2 N–H and O–H groups in total. The number of nitrogens with one attached hydrogen (secondary N) is 1. The van der Waals surface area contributed by atoms with Crippen molar-refractivity contribution in [1.29, 1.82) is 0 Å². The summed E-state index contributed by atoms with van der Waals surface area (Å²) in [4.78, 5) is 25.4. The minimum absolute atomic E-state index is 0.0875. The molecule has 3 aliphatic rings. The highest BCUT2D eigenvalue weighted by molar-refractivity contribution is 5.78. The zero-order valence-corrected chi connectivity index (χ0v) is 15.5. The number of alkyl halides is 3. The summed E-state index contributed by atoms with van der Waals surface area (Å²) in [7, 11) is 0. The summed E-state index contributed by atoms with van der Waals surface area (Å²) >= 11 is 0. The number of aliphatic hydroxyl groups is 1. The summed E-state index contributed by atoms with van der Waals surface area (Å²) < 4.78 is 43.2. The maximum atomic E-state index is 12.7. The van der Waals surface area contributed by atoms with Gasteiger partial charge in [-0.05, 0) is 45.4 Å². The average molecular weight is 380 g/mol. The minimum atomic E-state index is -4.62. The molecule has 0 aromatic rings. The summed E-state index contributed by atoms with van der Waals surface area (Å²) in [5, 5.41) is 13.3. The lowest BCUT2D eigenvalue weighted by Gasteiger charge is -2.44. The van der Waals surface area contributed by atoms with Crippen molar-refractivity contribution >= 4 is 12.0 Å². The average Bonchev–Trinajstić information content (AvgIpc) is 2.59. The summed E-state index contributed by atoms with van der Waals surface area (Å²) in [5.74, 6) is -1.34. The molecule has 2 unspecified atom stereocenters. The maximum Gasteiger partial charge on any atom is 0.407 e. The van der Waals surface area contributed by atoms with Gasteiger partial charge < -0.3 is 20.1 Å². The third-order valence-corrected chi connectivity index (χ3v) is 4.83. The molecule has 2 heterocycles. The van der Waals surface area contributed by atoms with Crippen LogP contribution >= 0.6 is 0 Å².